The number of nitrogens with one attached hydrogen (secondary N) is 1. The molecular formula is C19H26N2O3. The summed E-state index contributed by atoms with van der Waals surface area (Å²) in [4.78, 5) is 26.3. The predicted octanol–water partition coefficient (Wildman–Crippen LogP) is 3.30. The monoisotopic (exact) mass is 330 g/mol. The van der Waals surface area contributed by atoms with Crippen LogP contribution >= 0.6 is 0 Å². The highest BCUT2D eigenvalue weighted by Crippen LogP contribution is 2.41. The number of rotatable bonds is 3. The van der Waals surface area contributed by atoms with E-state index in [4.69, 9.17) is 4.74 Å². The first-order chi connectivity index (χ1) is 11.3. The summed E-state index contributed by atoms with van der Waals surface area (Å²) in [6.45, 7) is 7.27. The number of carbonyl (C=O) groups excluding carboxylic acids is 2. The zero-order chi connectivity index (χ0) is 17.3. The lowest BCUT2D eigenvalue weighted by atomic mass is 10.1. The number of amides is 2. The molecule has 130 valence electrons. The highest BCUT2D eigenvalue weighted by molar-refractivity contribution is 5.94. The van der Waals surface area contributed by atoms with Gasteiger partial charge in [-0.25, -0.2) is 4.79 Å². The molecule has 3 rings (SSSR count). The number of hydrogen-bond donors (Lipinski definition) is 1. The lowest BCUT2D eigenvalue weighted by Gasteiger charge is -2.19. The van der Waals surface area contributed by atoms with Crippen molar-refractivity contribution < 1.29 is 14.3 Å². The number of carbonyl (C=O) groups is 2. The third-order valence-corrected chi connectivity index (χ3v) is 4.45. The summed E-state index contributed by atoms with van der Waals surface area (Å²) >= 11 is 0. The van der Waals surface area contributed by atoms with Crippen LogP contribution < -0.4 is 5.32 Å². The molecule has 2 aliphatic rings. The first-order valence-corrected chi connectivity index (χ1v) is 8.72. The highest BCUT2D eigenvalue weighted by atomic mass is 16.6. The van der Waals surface area contributed by atoms with Crippen LogP contribution in [0.25, 0.3) is 0 Å². The van der Waals surface area contributed by atoms with Crippen LogP contribution in [0.5, 0.6) is 0 Å². The van der Waals surface area contributed by atoms with E-state index < -0.39 is 5.60 Å². The Morgan fingerprint density at radius 1 is 1.21 bits per heavy atom. The van der Waals surface area contributed by atoms with Gasteiger partial charge in [-0.15, -0.1) is 0 Å². The topological polar surface area (TPSA) is 58.6 Å². The molecule has 1 heterocycles. The molecule has 1 saturated heterocycles. The molecular weight excluding hydrogens is 304 g/mol. The summed E-state index contributed by atoms with van der Waals surface area (Å²) < 4.78 is 5.29. The fourth-order valence-electron chi connectivity index (χ4n) is 3.19. The second-order valence-corrected chi connectivity index (χ2v) is 7.72. The van der Waals surface area contributed by atoms with E-state index in [-0.39, 0.29) is 24.0 Å². The van der Waals surface area contributed by atoms with Crippen molar-refractivity contribution in [2.75, 3.05) is 13.1 Å². The van der Waals surface area contributed by atoms with E-state index >= 15 is 0 Å². The second-order valence-electron chi connectivity index (χ2n) is 7.72. The van der Waals surface area contributed by atoms with Gasteiger partial charge in [-0.2, -0.15) is 0 Å². The van der Waals surface area contributed by atoms with E-state index in [1.54, 1.807) is 0 Å². The van der Waals surface area contributed by atoms with Crippen LogP contribution in [0.3, 0.4) is 0 Å². The van der Waals surface area contributed by atoms with Crippen LogP contribution in [0.15, 0.2) is 24.3 Å². The predicted molar refractivity (Wildman–Crippen MR) is 92.1 cm³/mol. The molecule has 1 aliphatic heterocycles. The molecule has 0 spiro atoms. The average Bonchev–Trinajstić information content (AvgIpc) is 3.05. The van der Waals surface area contributed by atoms with Crippen molar-refractivity contribution in [1.82, 2.24) is 10.2 Å². The van der Waals surface area contributed by atoms with Crippen LogP contribution in [0.2, 0.25) is 0 Å². The minimum atomic E-state index is -0.490. The van der Waals surface area contributed by atoms with Gasteiger partial charge in [0.2, 0.25) is 0 Å². The third-order valence-electron chi connectivity index (χ3n) is 4.45. The van der Waals surface area contributed by atoms with E-state index in [9.17, 15) is 9.59 Å². The number of likely N-dealkylation sites (tertiary alicyclic amines) is 1. The number of hydrogen-bond acceptors (Lipinski definition) is 3. The molecule has 1 aliphatic carbocycles. The second kappa shape index (κ2) is 6.46. The largest absolute Gasteiger partial charge is 0.444 e. The van der Waals surface area contributed by atoms with Crippen molar-refractivity contribution in [1.29, 1.82) is 0 Å². The molecule has 2 fully saturated rings. The molecule has 24 heavy (non-hydrogen) atoms. The minimum absolute atomic E-state index is 0.0944. The molecule has 1 aromatic rings. The molecule has 1 N–H and O–H groups in total. The molecule has 0 aromatic heterocycles. The first kappa shape index (κ1) is 16.8. The fraction of sp³-hybridized carbons (Fsp3) is 0.579. The van der Waals surface area contributed by atoms with Gasteiger partial charge in [0.15, 0.2) is 0 Å². The Labute approximate surface area is 143 Å². The van der Waals surface area contributed by atoms with Crippen LogP contribution in [0.4, 0.5) is 4.79 Å². The SMILES string of the molecule is CC(C)(C)OC(=O)N[C@@H]1C[C@H]1c1cccc(C(=O)N2CCCC2)c1. The Hall–Kier alpha value is -2.04. The summed E-state index contributed by atoms with van der Waals surface area (Å²) in [5.41, 5.74) is 1.37. The van der Waals surface area contributed by atoms with Crippen LogP contribution in [0, 0.1) is 0 Å². The van der Waals surface area contributed by atoms with Gasteiger partial charge in [-0.1, -0.05) is 12.1 Å². The molecule has 0 radical (unpaired) electrons. The maximum atomic E-state index is 12.5. The first-order valence-electron chi connectivity index (χ1n) is 8.72. The van der Waals surface area contributed by atoms with Crippen molar-refractivity contribution >= 4 is 12.0 Å². The van der Waals surface area contributed by atoms with Gasteiger partial charge < -0.3 is 15.0 Å². The Balaban J connectivity index is 1.59. The van der Waals surface area contributed by atoms with E-state index in [0.717, 1.165) is 43.5 Å². The van der Waals surface area contributed by atoms with Crippen molar-refractivity contribution in [3.63, 3.8) is 0 Å². The zero-order valence-electron chi connectivity index (χ0n) is 14.7. The number of benzene rings is 1. The Morgan fingerprint density at radius 3 is 2.58 bits per heavy atom. The molecule has 2 atom stereocenters. The molecule has 0 bridgehead atoms. The summed E-state index contributed by atoms with van der Waals surface area (Å²) in [6.07, 6.45) is 2.70. The van der Waals surface area contributed by atoms with Crippen molar-refractivity contribution in [3.05, 3.63) is 35.4 Å². The van der Waals surface area contributed by atoms with Crippen molar-refractivity contribution in [2.24, 2.45) is 0 Å². The smallest absolute Gasteiger partial charge is 0.407 e. The molecule has 2 amide bonds. The minimum Gasteiger partial charge on any atom is -0.444 e. The van der Waals surface area contributed by atoms with Crippen LogP contribution in [-0.4, -0.2) is 41.6 Å². The Bertz CT molecular complexity index is 630. The van der Waals surface area contributed by atoms with Crippen molar-refractivity contribution in [3.8, 4) is 0 Å². The fourth-order valence-corrected chi connectivity index (χ4v) is 3.19. The van der Waals surface area contributed by atoms with Gasteiger partial charge >= 0.3 is 6.09 Å². The highest BCUT2D eigenvalue weighted by Gasteiger charge is 2.40. The maximum Gasteiger partial charge on any atom is 0.407 e. The van der Waals surface area contributed by atoms with Gasteiger partial charge in [0.25, 0.3) is 5.91 Å². The average molecular weight is 330 g/mol. The van der Waals surface area contributed by atoms with Gasteiger partial charge in [-0.3, -0.25) is 4.79 Å². The molecule has 5 nitrogen and oxygen atoms in total. The zero-order valence-corrected chi connectivity index (χ0v) is 14.7. The van der Waals surface area contributed by atoms with Crippen LogP contribution in [-0.2, 0) is 4.74 Å². The molecule has 1 aromatic carbocycles. The standard InChI is InChI=1S/C19H26N2O3/c1-19(2,3)24-18(23)20-16-12-15(16)13-7-6-8-14(11-13)17(22)21-9-4-5-10-21/h6-8,11,15-16H,4-5,9-10,12H2,1-3H3,(H,20,23)/t15-,16+/m0/s1. The number of alkyl carbamates (subject to hydrolysis) is 1. The lowest BCUT2D eigenvalue weighted by molar-refractivity contribution is 0.0522. The quantitative estimate of drug-likeness (QED) is 0.925. The van der Waals surface area contributed by atoms with Gasteiger partial charge in [-0.05, 0) is 57.7 Å². The number of nitrogens with zero attached hydrogens (tertiary/aromatic N) is 1. The van der Waals surface area contributed by atoms with E-state index in [2.05, 4.69) is 5.32 Å². The van der Waals surface area contributed by atoms with Gasteiger partial charge in [0, 0.05) is 30.6 Å². The Kier molecular flexibility index (Phi) is 4.52. The summed E-state index contributed by atoms with van der Waals surface area (Å²) in [7, 11) is 0. The van der Waals surface area contributed by atoms with Gasteiger partial charge in [0.05, 0.1) is 0 Å². The van der Waals surface area contributed by atoms with E-state index in [1.807, 2.05) is 49.9 Å². The normalized spacial score (nSPS) is 23.0. The van der Waals surface area contributed by atoms with E-state index in [0.29, 0.717) is 0 Å². The van der Waals surface area contributed by atoms with Crippen molar-refractivity contribution in [2.45, 2.75) is 57.6 Å². The third kappa shape index (κ3) is 4.08. The lowest BCUT2D eigenvalue weighted by Crippen LogP contribution is -2.34. The Morgan fingerprint density at radius 2 is 1.92 bits per heavy atom. The summed E-state index contributed by atoms with van der Waals surface area (Å²) in [6, 6.07) is 7.91. The maximum absolute atomic E-state index is 12.5. The van der Waals surface area contributed by atoms with E-state index in [1.165, 1.54) is 0 Å². The van der Waals surface area contributed by atoms with Gasteiger partial charge in [0.1, 0.15) is 5.60 Å². The number of ether oxygens (including phenoxy) is 1. The summed E-state index contributed by atoms with van der Waals surface area (Å²) in [5, 5.41) is 2.91. The van der Waals surface area contributed by atoms with Crippen LogP contribution in [0.1, 0.15) is 61.9 Å². The molecule has 0 unspecified atom stereocenters. The summed E-state index contributed by atoms with van der Waals surface area (Å²) in [5.74, 6) is 0.385. The molecule has 5 heteroatoms. The molecule has 1 saturated carbocycles.